The highest BCUT2D eigenvalue weighted by Crippen LogP contribution is 2.35. The maximum atomic E-state index is 12.3. The van der Waals surface area contributed by atoms with Crippen molar-refractivity contribution in [3.63, 3.8) is 0 Å². The second-order valence-corrected chi connectivity index (χ2v) is 4.26. The van der Waals surface area contributed by atoms with Crippen LogP contribution in [0.2, 0.25) is 5.02 Å². The van der Waals surface area contributed by atoms with Crippen LogP contribution >= 0.6 is 11.6 Å². The van der Waals surface area contributed by atoms with Gasteiger partial charge >= 0.3 is 6.36 Å². The molecule has 0 saturated carbocycles. The fourth-order valence-electron chi connectivity index (χ4n) is 1.69. The number of rotatable bonds is 2. The lowest BCUT2D eigenvalue weighted by molar-refractivity contribution is -0.274. The molecule has 0 aromatic heterocycles. The first-order valence-electron chi connectivity index (χ1n) is 5.45. The van der Waals surface area contributed by atoms with Crippen LogP contribution in [0.3, 0.4) is 0 Å². The van der Waals surface area contributed by atoms with Crippen LogP contribution in [-0.4, -0.2) is 6.36 Å². The number of ether oxygens (including phenoxy) is 1. The zero-order chi connectivity index (χ0) is 14.8. The van der Waals surface area contributed by atoms with Gasteiger partial charge < -0.3 is 4.74 Å². The molecule has 0 aliphatic rings. The molecule has 0 spiro atoms. The van der Waals surface area contributed by atoms with Crippen LogP contribution < -0.4 is 4.74 Å². The first-order chi connectivity index (χ1) is 9.40. The summed E-state index contributed by atoms with van der Waals surface area (Å²) in [5.74, 6) is -0.319. The van der Waals surface area contributed by atoms with Crippen molar-refractivity contribution in [1.82, 2.24) is 0 Å². The monoisotopic (exact) mass is 297 g/mol. The third kappa shape index (κ3) is 3.22. The highest BCUT2D eigenvalue weighted by atomic mass is 35.5. The summed E-state index contributed by atoms with van der Waals surface area (Å²) in [5, 5.41) is 8.95. The Morgan fingerprint density at radius 2 is 1.80 bits per heavy atom. The highest BCUT2D eigenvalue weighted by Gasteiger charge is 2.32. The molecule has 0 aliphatic carbocycles. The summed E-state index contributed by atoms with van der Waals surface area (Å²) in [6.07, 6.45) is -4.77. The van der Waals surface area contributed by atoms with Gasteiger partial charge in [-0.1, -0.05) is 35.9 Å². The van der Waals surface area contributed by atoms with Crippen LogP contribution in [0.15, 0.2) is 42.5 Å². The van der Waals surface area contributed by atoms with Crippen molar-refractivity contribution < 1.29 is 17.9 Å². The minimum atomic E-state index is -4.77. The van der Waals surface area contributed by atoms with E-state index in [2.05, 4.69) is 4.74 Å². The van der Waals surface area contributed by atoms with E-state index < -0.39 is 6.36 Å². The summed E-state index contributed by atoms with van der Waals surface area (Å²) < 4.78 is 41.0. The van der Waals surface area contributed by atoms with Gasteiger partial charge in [0.05, 0.1) is 10.6 Å². The van der Waals surface area contributed by atoms with Gasteiger partial charge in [-0.25, -0.2) is 0 Å². The zero-order valence-corrected chi connectivity index (χ0v) is 10.7. The van der Waals surface area contributed by atoms with E-state index in [4.69, 9.17) is 16.9 Å². The van der Waals surface area contributed by atoms with Gasteiger partial charge in [-0.2, -0.15) is 5.26 Å². The van der Waals surface area contributed by atoms with Gasteiger partial charge in [-0.3, -0.25) is 0 Å². The third-order valence-electron chi connectivity index (χ3n) is 2.51. The molecule has 0 radical (unpaired) electrons. The molecule has 2 rings (SSSR count). The third-order valence-corrected chi connectivity index (χ3v) is 2.83. The van der Waals surface area contributed by atoms with Crippen LogP contribution in [0.4, 0.5) is 13.2 Å². The van der Waals surface area contributed by atoms with Crippen molar-refractivity contribution >= 4 is 11.6 Å². The lowest BCUT2D eigenvalue weighted by Crippen LogP contribution is -2.17. The van der Waals surface area contributed by atoms with E-state index in [1.165, 1.54) is 36.4 Å². The van der Waals surface area contributed by atoms with E-state index in [0.29, 0.717) is 5.56 Å². The fourth-order valence-corrected chi connectivity index (χ4v) is 1.91. The zero-order valence-electron chi connectivity index (χ0n) is 9.91. The molecule has 2 aromatic rings. The molecule has 0 atom stereocenters. The smallest absolute Gasteiger partial charge is 0.405 e. The first kappa shape index (κ1) is 14.2. The fraction of sp³-hybridized carbons (Fsp3) is 0.0714. The summed E-state index contributed by atoms with van der Waals surface area (Å²) in [4.78, 5) is 0. The van der Waals surface area contributed by atoms with Gasteiger partial charge in [0.25, 0.3) is 0 Å². The lowest BCUT2D eigenvalue weighted by Gasteiger charge is -2.13. The predicted molar refractivity (Wildman–Crippen MR) is 68.3 cm³/mol. The van der Waals surface area contributed by atoms with Crippen molar-refractivity contribution in [1.29, 1.82) is 5.26 Å². The standard InChI is InChI=1S/C14H7ClF3NO/c15-12-7-9(5-6-10(12)8-19)11-3-1-2-4-13(11)20-14(16,17)18/h1-7H. The van der Waals surface area contributed by atoms with Crippen molar-refractivity contribution in [3.8, 4) is 22.9 Å². The molecule has 0 amide bonds. The minimum absolute atomic E-state index is 0.173. The van der Waals surface area contributed by atoms with Gasteiger partial charge in [-0.15, -0.1) is 13.2 Å². The molecule has 0 aliphatic heterocycles. The van der Waals surface area contributed by atoms with E-state index >= 15 is 0 Å². The Bertz CT molecular complexity index is 677. The molecule has 6 heteroatoms. The SMILES string of the molecule is N#Cc1ccc(-c2ccccc2OC(F)(F)F)cc1Cl. The van der Waals surface area contributed by atoms with Crippen molar-refractivity contribution in [3.05, 3.63) is 53.1 Å². The van der Waals surface area contributed by atoms with Crippen LogP contribution in [0.25, 0.3) is 11.1 Å². The Morgan fingerprint density at radius 1 is 1.10 bits per heavy atom. The number of para-hydroxylation sites is 1. The number of hydrogen-bond acceptors (Lipinski definition) is 2. The first-order valence-corrected chi connectivity index (χ1v) is 5.83. The predicted octanol–water partition coefficient (Wildman–Crippen LogP) is 4.78. The number of benzene rings is 2. The molecule has 0 fully saturated rings. The van der Waals surface area contributed by atoms with Gasteiger partial charge in [0.2, 0.25) is 0 Å². The van der Waals surface area contributed by atoms with Crippen LogP contribution in [0.1, 0.15) is 5.56 Å². The van der Waals surface area contributed by atoms with E-state index in [0.717, 1.165) is 0 Å². The topological polar surface area (TPSA) is 33.0 Å². The molecular formula is C14H7ClF3NO. The minimum Gasteiger partial charge on any atom is -0.405 e. The van der Waals surface area contributed by atoms with E-state index in [1.54, 1.807) is 6.07 Å². The number of halogens is 4. The molecule has 2 aromatic carbocycles. The second kappa shape index (κ2) is 5.43. The van der Waals surface area contributed by atoms with Crippen LogP contribution in [0.5, 0.6) is 5.75 Å². The summed E-state index contributed by atoms with van der Waals surface area (Å²) in [5.41, 5.74) is 0.940. The molecule has 0 saturated heterocycles. The van der Waals surface area contributed by atoms with E-state index in [-0.39, 0.29) is 21.9 Å². The maximum Gasteiger partial charge on any atom is 0.573 e. The molecule has 0 unspecified atom stereocenters. The molecule has 20 heavy (non-hydrogen) atoms. The number of nitriles is 1. The Kier molecular flexibility index (Phi) is 3.86. The number of hydrogen-bond donors (Lipinski definition) is 0. The normalized spacial score (nSPS) is 10.9. The molecule has 2 nitrogen and oxygen atoms in total. The second-order valence-electron chi connectivity index (χ2n) is 3.85. The maximum absolute atomic E-state index is 12.3. The molecule has 102 valence electrons. The van der Waals surface area contributed by atoms with Gasteiger partial charge in [-0.05, 0) is 23.8 Å². The Labute approximate surface area is 118 Å². The Hall–Kier alpha value is -2.19. The van der Waals surface area contributed by atoms with Gasteiger partial charge in [0.15, 0.2) is 0 Å². The Morgan fingerprint density at radius 3 is 2.40 bits per heavy atom. The number of nitrogens with zero attached hydrogens (tertiary/aromatic N) is 1. The van der Waals surface area contributed by atoms with Crippen LogP contribution in [0, 0.1) is 11.3 Å². The average molecular weight is 298 g/mol. The van der Waals surface area contributed by atoms with E-state index in [9.17, 15) is 13.2 Å². The summed E-state index contributed by atoms with van der Waals surface area (Å²) >= 11 is 5.88. The summed E-state index contributed by atoms with van der Waals surface area (Å²) in [7, 11) is 0. The van der Waals surface area contributed by atoms with Crippen molar-refractivity contribution in [2.24, 2.45) is 0 Å². The number of alkyl halides is 3. The molecule has 0 N–H and O–H groups in total. The highest BCUT2D eigenvalue weighted by molar-refractivity contribution is 6.32. The summed E-state index contributed by atoms with van der Waals surface area (Å²) in [6.45, 7) is 0. The van der Waals surface area contributed by atoms with Gasteiger partial charge in [0.1, 0.15) is 11.8 Å². The molecule has 0 bridgehead atoms. The lowest BCUT2D eigenvalue weighted by atomic mass is 10.0. The molecule has 0 heterocycles. The van der Waals surface area contributed by atoms with Crippen molar-refractivity contribution in [2.45, 2.75) is 6.36 Å². The molecular weight excluding hydrogens is 291 g/mol. The van der Waals surface area contributed by atoms with Crippen molar-refractivity contribution in [2.75, 3.05) is 0 Å². The average Bonchev–Trinajstić information content (AvgIpc) is 2.37. The summed E-state index contributed by atoms with van der Waals surface area (Å²) in [6, 6.07) is 12.0. The largest absolute Gasteiger partial charge is 0.573 e. The van der Waals surface area contributed by atoms with E-state index in [1.807, 2.05) is 6.07 Å². The van der Waals surface area contributed by atoms with Gasteiger partial charge in [0, 0.05) is 5.56 Å². The van der Waals surface area contributed by atoms with Crippen LogP contribution in [-0.2, 0) is 0 Å². The Balaban J connectivity index is 2.48. The quantitative estimate of drug-likeness (QED) is 0.799.